The van der Waals surface area contributed by atoms with Gasteiger partial charge in [0.2, 0.25) is 0 Å². The summed E-state index contributed by atoms with van der Waals surface area (Å²) in [4.78, 5) is 34.6. The van der Waals surface area contributed by atoms with E-state index in [0.29, 0.717) is 31.0 Å². The molecule has 0 radical (unpaired) electrons. The van der Waals surface area contributed by atoms with Gasteiger partial charge in [-0.2, -0.15) is 5.10 Å². The van der Waals surface area contributed by atoms with E-state index in [2.05, 4.69) is 40.2 Å². The number of fused-ring (bicyclic) bond motifs is 2. The topological polar surface area (TPSA) is 118 Å². The van der Waals surface area contributed by atoms with E-state index in [1.54, 1.807) is 12.5 Å². The van der Waals surface area contributed by atoms with Gasteiger partial charge in [-0.1, -0.05) is 6.07 Å². The normalized spacial score (nSPS) is 13.5. The van der Waals surface area contributed by atoms with Crippen LogP contribution in [0.1, 0.15) is 21.9 Å². The number of H-pyrrole nitrogens is 1. The van der Waals surface area contributed by atoms with Crippen LogP contribution in [0.25, 0.3) is 11.2 Å². The predicted octanol–water partition coefficient (Wildman–Crippen LogP) is 0.895. The van der Waals surface area contributed by atoms with Crippen LogP contribution >= 0.6 is 0 Å². The number of nitrogens with one attached hydrogen (secondary N) is 2. The number of aromatic amines is 1. The van der Waals surface area contributed by atoms with Crippen LogP contribution < -0.4 is 10.2 Å². The van der Waals surface area contributed by atoms with Crippen LogP contribution in [0.3, 0.4) is 0 Å². The second kappa shape index (κ2) is 6.72. The third kappa shape index (κ3) is 2.94. The summed E-state index contributed by atoms with van der Waals surface area (Å²) in [5, 5.41) is 7.31. The minimum absolute atomic E-state index is 0.211. The van der Waals surface area contributed by atoms with E-state index in [1.807, 2.05) is 28.9 Å². The van der Waals surface area contributed by atoms with Crippen molar-refractivity contribution in [2.45, 2.75) is 19.6 Å². The lowest BCUT2D eigenvalue weighted by Crippen LogP contribution is -2.34. The molecule has 4 aromatic rings. The van der Waals surface area contributed by atoms with E-state index in [0.717, 1.165) is 29.3 Å². The van der Waals surface area contributed by atoms with E-state index in [4.69, 9.17) is 0 Å². The molecule has 5 heterocycles. The molecule has 2 N–H and O–H groups in total. The fraction of sp³-hybridized carbons (Fsp3) is 0.222. The molecule has 5 rings (SSSR count). The van der Waals surface area contributed by atoms with E-state index in [1.165, 1.54) is 6.33 Å². The van der Waals surface area contributed by atoms with Crippen LogP contribution in [-0.4, -0.2) is 47.2 Å². The Bertz CT molecular complexity index is 1130. The molecule has 28 heavy (non-hydrogen) atoms. The quantitative estimate of drug-likeness (QED) is 0.544. The zero-order chi connectivity index (χ0) is 18.9. The van der Waals surface area contributed by atoms with Crippen molar-refractivity contribution in [3.8, 4) is 0 Å². The van der Waals surface area contributed by atoms with Crippen LogP contribution in [-0.2, 0) is 19.6 Å². The van der Waals surface area contributed by atoms with Gasteiger partial charge in [0.15, 0.2) is 17.2 Å². The molecule has 4 aromatic heterocycles. The molecule has 0 fully saturated rings. The van der Waals surface area contributed by atoms with E-state index < -0.39 is 0 Å². The number of hydrogen-bond acceptors (Lipinski definition) is 7. The molecule has 140 valence electrons. The van der Waals surface area contributed by atoms with Gasteiger partial charge in [-0.05, 0) is 18.2 Å². The molecule has 10 nitrogen and oxygen atoms in total. The molecule has 1 aliphatic rings. The van der Waals surface area contributed by atoms with Gasteiger partial charge in [-0.15, -0.1) is 0 Å². The number of anilines is 1. The molecule has 0 bridgehead atoms. The lowest BCUT2D eigenvalue weighted by molar-refractivity contribution is 0.0944. The van der Waals surface area contributed by atoms with E-state index >= 15 is 0 Å². The monoisotopic (exact) mass is 375 g/mol. The highest BCUT2D eigenvalue weighted by molar-refractivity contribution is 5.92. The molecule has 1 aliphatic heterocycles. The molecule has 0 atom stereocenters. The molecular formula is C18H17N9O. The average Bonchev–Trinajstić information content (AvgIpc) is 3.38. The highest BCUT2D eigenvalue weighted by Gasteiger charge is 2.23. The van der Waals surface area contributed by atoms with Crippen LogP contribution in [0.4, 0.5) is 5.82 Å². The molecule has 0 saturated carbocycles. The number of hydrogen-bond donors (Lipinski definition) is 2. The summed E-state index contributed by atoms with van der Waals surface area (Å²) in [5.41, 5.74) is 3.61. The fourth-order valence-corrected chi connectivity index (χ4v) is 3.31. The lowest BCUT2D eigenvalue weighted by Gasteiger charge is -2.28. The number of carbonyl (C=O) groups is 1. The Morgan fingerprint density at radius 1 is 1.18 bits per heavy atom. The molecular weight excluding hydrogens is 358 g/mol. The third-order valence-electron chi connectivity index (χ3n) is 4.69. The summed E-state index contributed by atoms with van der Waals surface area (Å²) in [6.45, 7) is 2.37. The number of amides is 1. The predicted molar refractivity (Wildman–Crippen MR) is 100 cm³/mol. The van der Waals surface area contributed by atoms with Crippen molar-refractivity contribution >= 4 is 22.9 Å². The Balaban J connectivity index is 1.32. The van der Waals surface area contributed by atoms with Crippen molar-refractivity contribution in [1.82, 2.24) is 40.0 Å². The van der Waals surface area contributed by atoms with Gasteiger partial charge in [-0.25, -0.2) is 15.0 Å². The van der Waals surface area contributed by atoms with E-state index in [9.17, 15) is 4.79 Å². The summed E-state index contributed by atoms with van der Waals surface area (Å²) in [5.74, 6) is 0.591. The fourth-order valence-electron chi connectivity index (χ4n) is 3.31. The first-order valence-electron chi connectivity index (χ1n) is 8.92. The summed E-state index contributed by atoms with van der Waals surface area (Å²) in [6.07, 6.45) is 4.83. The van der Waals surface area contributed by atoms with Crippen molar-refractivity contribution in [3.63, 3.8) is 0 Å². The molecule has 1 amide bonds. The Labute approximate surface area is 159 Å². The van der Waals surface area contributed by atoms with Crippen molar-refractivity contribution in [3.05, 3.63) is 60.2 Å². The first-order valence-corrected chi connectivity index (χ1v) is 8.92. The standard InChI is InChI=1S/C18H17N9O/c28-18(20-8-12-3-1-2-4-19-12)14-7-13-9-26(5-6-27(13)25-14)17-15-16(22-10-21-15)23-11-24-17/h1-4,7,10-11H,5-6,8-9H2,(H,20,28)(H,21,22,23,24). The van der Waals surface area contributed by atoms with Crippen molar-refractivity contribution in [2.75, 3.05) is 11.4 Å². The number of aromatic nitrogens is 7. The van der Waals surface area contributed by atoms with Gasteiger partial charge in [0.25, 0.3) is 5.91 Å². The maximum Gasteiger partial charge on any atom is 0.272 e. The van der Waals surface area contributed by atoms with Crippen LogP contribution in [0, 0.1) is 0 Å². The minimum Gasteiger partial charge on any atom is -0.347 e. The smallest absolute Gasteiger partial charge is 0.272 e. The Kier molecular flexibility index (Phi) is 3.93. The molecule has 0 spiro atoms. The zero-order valence-electron chi connectivity index (χ0n) is 14.9. The number of pyridine rings is 1. The van der Waals surface area contributed by atoms with Crippen molar-refractivity contribution in [1.29, 1.82) is 0 Å². The molecule has 10 heteroatoms. The third-order valence-corrected chi connectivity index (χ3v) is 4.69. The van der Waals surface area contributed by atoms with Gasteiger partial charge in [0.1, 0.15) is 11.8 Å². The second-order valence-corrected chi connectivity index (χ2v) is 6.47. The lowest BCUT2D eigenvalue weighted by atomic mass is 10.2. The van der Waals surface area contributed by atoms with Crippen molar-refractivity contribution in [2.24, 2.45) is 0 Å². The van der Waals surface area contributed by atoms with Crippen molar-refractivity contribution < 1.29 is 4.79 Å². The van der Waals surface area contributed by atoms with E-state index in [-0.39, 0.29) is 5.91 Å². The maximum absolute atomic E-state index is 12.5. The average molecular weight is 375 g/mol. The van der Waals surface area contributed by atoms with Crippen LogP contribution in [0.5, 0.6) is 0 Å². The summed E-state index contributed by atoms with van der Waals surface area (Å²) >= 11 is 0. The number of nitrogens with zero attached hydrogens (tertiary/aromatic N) is 7. The summed E-state index contributed by atoms with van der Waals surface area (Å²) < 4.78 is 1.87. The Morgan fingerprint density at radius 3 is 3.04 bits per heavy atom. The van der Waals surface area contributed by atoms with Gasteiger partial charge in [0, 0.05) is 12.7 Å². The molecule has 0 aliphatic carbocycles. The number of imidazole rings is 1. The van der Waals surface area contributed by atoms with Gasteiger partial charge < -0.3 is 15.2 Å². The largest absolute Gasteiger partial charge is 0.347 e. The highest BCUT2D eigenvalue weighted by atomic mass is 16.1. The molecule has 0 unspecified atom stereocenters. The second-order valence-electron chi connectivity index (χ2n) is 6.47. The molecule has 0 aromatic carbocycles. The maximum atomic E-state index is 12.5. The first-order chi connectivity index (χ1) is 13.8. The Hall–Kier alpha value is -3.82. The highest BCUT2D eigenvalue weighted by Crippen LogP contribution is 2.24. The van der Waals surface area contributed by atoms with Crippen LogP contribution in [0.2, 0.25) is 0 Å². The Morgan fingerprint density at radius 2 is 2.14 bits per heavy atom. The minimum atomic E-state index is -0.211. The first kappa shape index (κ1) is 16.4. The van der Waals surface area contributed by atoms with Crippen LogP contribution in [0.15, 0.2) is 43.1 Å². The van der Waals surface area contributed by atoms with Gasteiger partial charge >= 0.3 is 0 Å². The SMILES string of the molecule is O=C(NCc1ccccn1)c1cc2n(n1)CCN(c1ncnc3nc[nH]c13)C2. The zero-order valence-corrected chi connectivity index (χ0v) is 14.9. The number of carbonyl (C=O) groups excluding carboxylic acids is 1. The van der Waals surface area contributed by atoms with Gasteiger partial charge in [0.05, 0.1) is 37.3 Å². The summed E-state index contributed by atoms with van der Waals surface area (Å²) in [6, 6.07) is 7.43. The molecule has 0 saturated heterocycles. The number of rotatable bonds is 4. The van der Waals surface area contributed by atoms with Gasteiger partial charge in [-0.3, -0.25) is 14.5 Å². The summed E-state index contributed by atoms with van der Waals surface area (Å²) in [7, 11) is 0.